The quantitative estimate of drug-likeness (QED) is 0.333. The molecule has 0 aromatic carbocycles. The summed E-state index contributed by atoms with van der Waals surface area (Å²) in [6, 6.07) is 0. The summed E-state index contributed by atoms with van der Waals surface area (Å²) in [5, 5.41) is 7.12. The van der Waals surface area contributed by atoms with E-state index in [9.17, 15) is 37.1 Å². The third-order valence-electron chi connectivity index (χ3n) is 8.31. The molecule has 4 rings (SSSR count). The number of halogens is 3. The maximum Gasteiger partial charge on any atom is 0.490 e. The lowest BCUT2D eigenvalue weighted by molar-refractivity contribution is -0.192. The van der Waals surface area contributed by atoms with Gasteiger partial charge in [-0.1, -0.05) is 43.6 Å². The van der Waals surface area contributed by atoms with Crippen LogP contribution in [0.2, 0.25) is 0 Å². The van der Waals surface area contributed by atoms with E-state index in [1.807, 2.05) is 39.8 Å². The maximum absolute atomic E-state index is 12.4. The molecule has 3 heterocycles. The molecule has 1 saturated heterocycles. The molecule has 0 atom stereocenters. The Morgan fingerprint density at radius 3 is 1.50 bits per heavy atom. The molecule has 11 nitrogen and oxygen atoms in total. The van der Waals surface area contributed by atoms with Gasteiger partial charge in [0.25, 0.3) is 23.6 Å². The molecule has 278 valence electrons. The van der Waals surface area contributed by atoms with E-state index in [1.54, 1.807) is 17.9 Å². The Morgan fingerprint density at radius 2 is 1.14 bits per heavy atom. The second kappa shape index (κ2) is 19.2. The lowest BCUT2D eigenvalue weighted by atomic mass is 9.88. The fraction of sp³-hybridized carbons (Fsp3) is 0.611. The highest BCUT2D eigenvalue weighted by molar-refractivity contribution is 6.08. The predicted octanol–water partition coefficient (Wildman–Crippen LogP) is 6.36. The molecule has 0 radical (unpaired) electrons. The Labute approximate surface area is 291 Å². The van der Waals surface area contributed by atoms with Crippen LogP contribution < -0.4 is 0 Å². The van der Waals surface area contributed by atoms with Crippen LogP contribution >= 0.6 is 0 Å². The van der Waals surface area contributed by atoms with Crippen molar-refractivity contribution in [1.29, 1.82) is 0 Å². The smallest absolute Gasteiger partial charge is 0.475 e. The van der Waals surface area contributed by atoms with E-state index < -0.39 is 17.7 Å². The summed E-state index contributed by atoms with van der Waals surface area (Å²) in [5.74, 6) is -2.76. The number of amides is 5. The maximum atomic E-state index is 12.4. The first-order chi connectivity index (χ1) is 23.3. The molecular weight excluding hydrogens is 659 g/mol. The van der Waals surface area contributed by atoms with Gasteiger partial charge in [-0.25, -0.2) is 9.59 Å². The number of allylic oxidation sites excluding steroid dienone is 2. The van der Waals surface area contributed by atoms with Crippen molar-refractivity contribution in [2.75, 3.05) is 26.2 Å². The number of alkyl halides is 3. The second-order valence-corrected chi connectivity index (χ2v) is 13.7. The van der Waals surface area contributed by atoms with Crippen LogP contribution in [0.5, 0.6) is 0 Å². The van der Waals surface area contributed by atoms with Gasteiger partial charge in [0, 0.05) is 37.3 Å². The average molecular weight is 710 g/mol. The molecule has 1 N–H and O–H groups in total. The van der Waals surface area contributed by atoms with Gasteiger partial charge in [-0.15, -0.1) is 0 Å². The van der Waals surface area contributed by atoms with Crippen molar-refractivity contribution in [1.82, 2.24) is 14.7 Å². The number of ether oxygens (including phenoxy) is 1. The molecule has 5 amide bonds. The van der Waals surface area contributed by atoms with Gasteiger partial charge in [-0.2, -0.15) is 13.2 Å². The van der Waals surface area contributed by atoms with Gasteiger partial charge >= 0.3 is 18.2 Å². The number of rotatable bonds is 4. The van der Waals surface area contributed by atoms with Crippen LogP contribution in [0.4, 0.5) is 18.0 Å². The Morgan fingerprint density at radius 1 is 0.740 bits per heavy atom. The molecule has 0 spiro atoms. The summed E-state index contributed by atoms with van der Waals surface area (Å²) in [6.07, 6.45) is 14.5. The lowest BCUT2D eigenvalue weighted by Crippen LogP contribution is -2.42. The Hall–Kier alpha value is -4.23. The van der Waals surface area contributed by atoms with E-state index in [2.05, 4.69) is 6.08 Å². The number of carboxylic acid groups (broad SMARTS) is 1. The van der Waals surface area contributed by atoms with E-state index in [0.29, 0.717) is 44.1 Å². The molecule has 4 aliphatic rings. The summed E-state index contributed by atoms with van der Waals surface area (Å²) in [5.41, 5.74) is 0.830. The molecular formula is C36H50F3N3O8. The zero-order valence-corrected chi connectivity index (χ0v) is 29.6. The molecule has 0 aromatic heterocycles. The predicted molar refractivity (Wildman–Crippen MR) is 179 cm³/mol. The summed E-state index contributed by atoms with van der Waals surface area (Å²) in [6.45, 7) is 11.3. The fourth-order valence-electron chi connectivity index (χ4n) is 5.73. The van der Waals surface area contributed by atoms with Gasteiger partial charge in [0.2, 0.25) is 0 Å². The summed E-state index contributed by atoms with van der Waals surface area (Å²) >= 11 is 0. The van der Waals surface area contributed by atoms with E-state index in [4.69, 9.17) is 14.6 Å². The monoisotopic (exact) mass is 709 g/mol. The number of hydrogen-bond donors (Lipinski definition) is 1. The molecule has 0 unspecified atom stereocenters. The lowest BCUT2D eigenvalue weighted by Gasteiger charge is -2.32. The van der Waals surface area contributed by atoms with Crippen LogP contribution in [-0.2, 0) is 28.7 Å². The van der Waals surface area contributed by atoms with E-state index in [0.717, 1.165) is 24.8 Å². The third-order valence-corrected chi connectivity index (χ3v) is 8.31. The van der Waals surface area contributed by atoms with E-state index in [-0.39, 0.29) is 35.6 Å². The topological polar surface area (TPSA) is 142 Å². The highest BCUT2D eigenvalue weighted by Gasteiger charge is 2.38. The van der Waals surface area contributed by atoms with Crippen LogP contribution in [0.15, 0.2) is 47.6 Å². The third kappa shape index (κ3) is 14.3. The number of carbonyl (C=O) groups excluding carboxylic acids is 5. The molecule has 50 heavy (non-hydrogen) atoms. The van der Waals surface area contributed by atoms with Crippen molar-refractivity contribution in [3.63, 3.8) is 0 Å². The number of carboxylic acids is 1. The van der Waals surface area contributed by atoms with Crippen molar-refractivity contribution in [3.05, 3.63) is 47.6 Å². The summed E-state index contributed by atoms with van der Waals surface area (Å²) in [7, 11) is 0. The first kappa shape index (κ1) is 41.9. The van der Waals surface area contributed by atoms with E-state index >= 15 is 0 Å². The summed E-state index contributed by atoms with van der Waals surface area (Å²) in [4.78, 5) is 73.4. The minimum Gasteiger partial charge on any atom is -0.475 e. The second-order valence-electron chi connectivity index (χ2n) is 13.7. The molecule has 2 fully saturated rings. The minimum atomic E-state index is -5.08. The van der Waals surface area contributed by atoms with Crippen LogP contribution in [0.3, 0.4) is 0 Å². The normalized spacial score (nSPS) is 19.6. The van der Waals surface area contributed by atoms with Gasteiger partial charge < -0.3 is 14.7 Å². The van der Waals surface area contributed by atoms with Crippen molar-refractivity contribution in [3.8, 4) is 0 Å². The number of hydrogen-bond acceptors (Lipinski definition) is 7. The minimum absolute atomic E-state index is 0.116. The molecule has 1 saturated carbocycles. The van der Waals surface area contributed by atoms with Crippen LogP contribution in [-0.4, -0.2) is 93.5 Å². The highest BCUT2D eigenvalue weighted by Crippen LogP contribution is 2.26. The average Bonchev–Trinajstić information content (AvgIpc) is 3.04. The Kier molecular flexibility index (Phi) is 16.1. The van der Waals surface area contributed by atoms with Gasteiger partial charge in [0.05, 0.1) is 0 Å². The van der Waals surface area contributed by atoms with Crippen LogP contribution in [0.1, 0.15) is 92.4 Å². The number of carbonyl (C=O) groups is 6. The number of imide groups is 2. The molecule has 0 bridgehead atoms. The van der Waals surface area contributed by atoms with E-state index in [1.165, 1.54) is 54.1 Å². The highest BCUT2D eigenvalue weighted by atomic mass is 19.4. The van der Waals surface area contributed by atoms with Gasteiger partial charge in [-0.3, -0.25) is 29.0 Å². The van der Waals surface area contributed by atoms with Crippen LogP contribution in [0.25, 0.3) is 0 Å². The zero-order chi connectivity index (χ0) is 37.6. The first-order valence-electron chi connectivity index (χ1n) is 17.0. The summed E-state index contributed by atoms with van der Waals surface area (Å²) < 4.78 is 37.1. The number of piperidine rings is 1. The zero-order valence-electron chi connectivity index (χ0n) is 29.6. The Bertz CT molecular complexity index is 1360. The largest absolute Gasteiger partial charge is 0.490 e. The molecule has 3 aliphatic heterocycles. The van der Waals surface area contributed by atoms with Crippen LogP contribution in [0, 0.1) is 11.8 Å². The van der Waals surface area contributed by atoms with Gasteiger partial charge in [0.1, 0.15) is 5.60 Å². The Balaban J connectivity index is 0.000000301. The van der Waals surface area contributed by atoms with Gasteiger partial charge in [0.15, 0.2) is 0 Å². The standard InChI is InChI=1S/C19H28N2O4.C15H21NO2.C2HF3O2/c1-14(17(23)21-10-6-5-7-16(21)22)13-15-8-11-20(12-9-15)18(24)25-19(2,3)4;1-12(11-13-7-3-2-4-8-13)15(18)16-10-6-5-9-14(16)17;3-2(4,5)1(6)7/h5,7,13,15H,6,8-12H2,1-4H3;5,9,11,13H,2-4,6-8,10H2,1H3;(H,6,7)/b14-13-;12-11-;. The number of likely N-dealkylation sites (tertiary alicyclic amines) is 1. The fourth-order valence-corrected chi connectivity index (χ4v) is 5.73. The first-order valence-corrected chi connectivity index (χ1v) is 17.0. The SMILES string of the molecule is C/C(=C/C1CCCCC1)C(=O)N1CCC=CC1=O.C/C(=C/C1CCN(C(=O)OC(C)(C)C)CC1)C(=O)N1CCC=CC1=O.O=C(O)C(F)(F)F. The van der Waals surface area contributed by atoms with Gasteiger partial charge in [-0.05, 0) is 97.1 Å². The van der Waals surface area contributed by atoms with Crippen molar-refractivity contribution < 1.29 is 51.8 Å². The van der Waals surface area contributed by atoms with Crippen molar-refractivity contribution in [2.24, 2.45) is 11.8 Å². The molecule has 1 aliphatic carbocycles. The number of aliphatic carboxylic acids is 1. The number of nitrogens with zero attached hydrogens (tertiary/aromatic N) is 3. The van der Waals surface area contributed by atoms with Crippen molar-refractivity contribution in [2.45, 2.75) is 104 Å². The molecule has 14 heteroatoms. The van der Waals surface area contributed by atoms with Crippen molar-refractivity contribution >= 4 is 35.7 Å². The molecule has 0 aromatic rings.